The average molecular weight is 295 g/mol. The molecule has 0 radical (unpaired) electrons. The summed E-state index contributed by atoms with van der Waals surface area (Å²) in [4.78, 5) is 12.2. The van der Waals surface area contributed by atoms with Gasteiger partial charge >= 0.3 is 0 Å². The van der Waals surface area contributed by atoms with Gasteiger partial charge in [-0.05, 0) is 43.2 Å². The van der Waals surface area contributed by atoms with Crippen LogP contribution >= 0.6 is 0 Å². The van der Waals surface area contributed by atoms with Gasteiger partial charge in [-0.1, -0.05) is 32.0 Å². The first-order valence-corrected chi connectivity index (χ1v) is 7.62. The third kappa shape index (κ3) is 4.53. The monoisotopic (exact) mass is 295 g/mol. The maximum atomic E-state index is 13.7. The van der Waals surface area contributed by atoms with Gasteiger partial charge in [-0.2, -0.15) is 0 Å². The lowest BCUT2D eigenvalue weighted by molar-refractivity contribution is -0.122. The number of benzene rings is 1. The summed E-state index contributed by atoms with van der Waals surface area (Å²) in [7, 11) is 0. The molecule has 3 nitrogen and oxygen atoms in total. The lowest BCUT2D eigenvalue weighted by atomic mass is 9.79. The van der Waals surface area contributed by atoms with E-state index in [0.29, 0.717) is 18.5 Å². The Balaban J connectivity index is 2.70. The van der Waals surface area contributed by atoms with Crippen LogP contribution in [0.3, 0.4) is 0 Å². The van der Waals surface area contributed by atoms with Crippen molar-refractivity contribution in [1.82, 2.24) is 5.32 Å². The lowest BCUT2D eigenvalue weighted by Crippen LogP contribution is -2.39. The molecule has 2 N–H and O–H groups in total. The molecule has 0 saturated heterocycles. The van der Waals surface area contributed by atoms with Crippen LogP contribution in [0.15, 0.2) is 24.3 Å². The van der Waals surface area contributed by atoms with Gasteiger partial charge in [0, 0.05) is 13.2 Å². The van der Waals surface area contributed by atoms with E-state index in [2.05, 4.69) is 19.2 Å². The van der Waals surface area contributed by atoms with E-state index in [-0.39, 0.29) is 23.7 Å². The van der Waals surface area contributed by atoms with Gasteiger partial charge in [0.25, 0.3) is 0 Å². The molecule has 0 heterocycles. The van der Waals surface area contributed by atoms with Crippen LogP contribution < -0.4 is 5.32 Å². The number of carbonyl (C=O) groups excluding carboxylic acids is 1. The van der Waals surface area contributed by atoms with E-state index in [4.69, 9.17) is 0 Å². The topological polar surface area (TPSA) is 49.3 Å². The van der Waals surface area contributed by atoms with Crippen molar-refractivity contribution in [3.8, 4) is 0 Å². The fourth-order valence-electron chi connectivity index (χ4n) is 2.57. The number of halogens is 1. The molecule has 118 valence electrons. The summed E-state index contributed by atoms with van der Waals surface area (Å²) < 4.78 is 13.7. The van der Waals surface area contributed by atoms with E-state index >= 15 is 0 Å². The molecule has 1 rings (SSSR count). The van der Waals surface area contributed by atoms with E-state index in [1.165, 1.54) is 6.07 Å². The van der Waals surface area contributed by atoms with Crippen molar-refractivity contribution in [3.05, 3.63) is 35.6 Å². The molecule has 0 fully saturated rings. The number of nitrogens with one attached hydrogen (secondary N) is 1. The van der Waals surface area contributed by atoms with Crippen LogP contribution in [0.25, 0.3) is 0 Å². The molecule has 0 bridgehead atoms. The Morgan fingerprint density at radius 1 is 1.33 bits per heavy atom. The quantitative estimate of drug-likeness (QED) is 0.773. The number of amides is 1. The molecule has 0 aliphatic carbocycles. The Kier molecular flexibility index (Phi) is 6.82. The first-order chi connectivity index (χ1) is 9.99. The zero-order chi connectivity index (χ0) is 15.9. The fourth-order valence-corrected chi connectivity index (χ4v) is 2.57. The minimum absolute atomic E-state index is 0.0840. The maximum absolute atomic E-state index is 13.7. The predicted octanol–water partition coefficient (Wildman–Crippen LogP) is 3.23. The molecule has 0 aromatic heterocycles. The third-order valence-corrected chi connectivity index (χ3v) is 4.54. The SMILES string of the molecule is CCC(CC)(CCO)CNC(=O)C(C)c1ccccc1F. The average Bonchev–Trinajstić information content (AvgIpc) is 2.51. The normalized spacial score (nSPS) is 13.0. The van der Waals surface area contributed by atoms with Gasteiger partial charge in [0.15, 0.2) is 0 Å². The van der Waals surface area contributed by atoms with Crippen molar-refractivity contribution in [3.63, 3.8) is 0 Å². The van der Waals surface area contributed by atoms with Crippen molar-refractivity contribution in [2.45, 2.75) is 46.0 Å². The number of carbonyl (C=O) groups is 1. The van der Waals surface area contributed by atoms with Crippen molar-refractivity contribution >= 4 is 5.91 Å². The largest absolute Gasteiger partial charge is 0.396 e. The summed E-state index contributed by atoms with van der Waals surface area (Å²) in [5, 5.41) is 12.1. The number of hydrogen-bond acceptors (Lipinski definition) is 2. The Labute approximate surface area is 126 Å². The Hall–Kier alpha value is -1.42. The molecule has 21 heavy (non-hydrogen) atoms. The molecule has 1 aromatic carbocycles. The summed E-state index contributed by atoms with van der Waals surface area (Å²) in [5.74, 6) is -1.05. The van der Waals surface area contributed by atoms with Gasteiger partial charge < -0.3 is 10.4 Å². The number of hydrogen-bond donors (Lipinski definition) is 2. The van der Waals surface area contributed by atoms with Gasteiger partial charge in [-0.3, -0.25) is 4.79 Å². The van der Waals surface area contributed by atoms with Gasteiger partial charge in [-0.25, -0.2) is 4.39 Å². The molecule has 0 saturated carbocycles. The van der Waals surface area contributed by atoms with Crippen molar-refractivity contribution < 1.29 is 14.3 Å². The van der Waals surface area contributed by atoms with Gasteiger partial charge in [0.1, 0.15) is 5.82 Å². The Morgan fingerprint density at radius 2 is 1.95 bits per heavy atom. The lowest BCUT2D eigenvalue weighted by Gasteiger charge is -2.31. The highest BCUT2D eigenvalue weighted by Crippen LogP contribution is 2.29. The number of rotatable bonds is 8. The highest BCUT2D eigenvalue weighted by atomic mass is 19.1. The first kappa shape index (κ1) is 17.6. The van der Waals surface area contributed by atoms with E-state index in [1.54, 1.807) is 25.1 Å². The standard InChI is InChI=1S/C17H26FNO2/c1-4-17(5-2,10-11-20)12-19-16(21)13(3)14-8-6-7-9-15(14)18/h6-9,13,20H,4-5,10-12H2,1-3H3,(H,19,21). The van der Waals surface area contributed by atoms with Crippen LogP contribution in [0.4, 0.5) is 4.39 Å². The first-order valence-electron chi connectivity index (χ1n) is 7.62. The summed E-state index contributed by atoms with van der Waals surface area (Å²) in [6.45, 7) is 6.45. The van der Waals surface area contributed by atoms with Crippen molar-refractivity contribution in [2.24, 2.45) is 5.41 Å². The molecule has 0 aliphatic heterocycles. The Morgan fingerprint density at radius 3 is 2.48 bits per heavy atom. The number of aliphatic hydroxyl groups excluding tert-OH is 1. The molecule has 1 amide bonds. The minimum Gasteiger partial charge on any atom is -0.396 e. The van der Waals surface area contributed by atoms with Gasteiger partial charge in [0.2, 0.25) is 5.91 Å². The van der Waals surface area contributed by atoms with Gasteiger partial charge in [-0.15, -0.1) is 0 Å². The molecule has 1 atom stereocenters. The van der Waals surface area contributed by atoms with Crippen molar-refractivity contribution in [1.29, 1.82) is 0 Å². The second-order valence-corrected chi connectivity index (χ2v) is 5.64. The highest BCUT2D eigenvalue weighted by Gasteiger charge is 2.27. The molecule has 0 aliphatic rings. The zero-order valence-corrected chi connectivity index (χ0v) is 13.2. The van der Waals surface area contributed by atoms with E-state index in [1.807, 2.05) is 0 Å². The zero-order valence-electron chi connectivity index (χ0n) is 13.2. The van der Waals surface area contributed by atoms with Crippen LogP contribution in [0.1, 0.15) is 51.5 Å². The Bertz CT molecular complexity index is 458. The minimum atomic E-state index is -0.522. The fraction of sp³-hybridized carbons (Fsp3) is 0.588. The van der Waals surface area contributed by atoms with Gasteiger partial charge in [0.05, 0.1) is 5.92 Å². The van der Waals surface area contributed by atoms with E-state index in [9.17, 15) is 14.3 Å². The van der Waals surface area contributed by atoms with E-state index < -0.39 is 5.92 Å². The summed E-state index contributed by atoms with van der Waals surface area (Å²) in [6.07, 6.45) is 2.44. The van der Waals surface area contributed by atoms with E-state index in [0.717, 1.165) is 12.8 Å². The van der Waals surface area contributed by atoms with Crippen LogP contribution in [0.2, 0.25) is 0 Å². The maximum Gasteiger partial charge on any atom is 0.227 e. The smallest absolute Gasteiger partial charge is 0.227 e. The molecule has 1 unspecified atom stereocenters. The third-order valence-electron chi connectivity index (χ3n) is 4.54. The second kappa shape index (κ2) is 8.13. The molecule has 4 heteroatoms. The summed E-state index contributed by atoms with van der Waals surface area (Å²) in [5.41, 5.74) is 0.329. The molecule has 1 aromatic rings. The molecular formula is C17H26FNO2. The van der Waals surface area contributed by atoms with Crippen LogP contribution in [0.5, 0.6) is 0 Å². The van der Waals surface area contributed by atoms with Crippen molar-refractivity contribution in [2.75, 3.05) is 13.2 Å². The van der Waals surface area contributed by atoms with Crippen LogP contribution in [0, 0.1) is 11.2 Å². The highest BCUT2D eigenvalue weighted by molar-refractivity contribution is 5.83. The molecular weight excluding hydrogens is 269 g/mol. The van der Waals surface area contributed by atoms with Crippen LogP contribution in [-0.4, -0.2) is 24.2 Å². The predicted molar refractivity (Wildman–Crippen MR) is 82.5 cm³/mol. The molecule has 0 spiro atoms. The summed E-state index contributed by atoms with van der Waals surface area (Å²) >= 11 is 0. The summed E-state index contributed by atoms with van der Waals surface area (Å²) in [6, 6.07) is 6.35. The van der Waals surface area contributed by atoms with Crippen LogP contribution in [-0.2, 0) is 4.79 Å². The second-order valence-electron chi connectivity index (χ2n) is 5.64. The number of aliphatic hydroxyl groups is 1.